The molecule has 0 aliphatic heterocycles. The molecule has 0 radical (unpaired) electrons. The summed E-state index contributed by atoms with van der Waals surface area (Å²) >= 11 is 0. The molecule has 0 saturated carbocycles. The molecule has 0 saturated heterocycles. The summed E-state index contributed by atoms with van der Waals surface area (Å²) in [5.74, 6) is -0.996. The maximum absolute atomic E-state index is 12.6. The number of carbonyl (C=O) groups excluding carboxylic acids is 2. The summed E-state index contributed by atoms with van der Waals surface area (Å²) in [6.07, 6.45) is 0. The van der Waals surface area contributed by atoms with E-state index in [1.807, 2.05) is 0 Å². The van der Waals surface area contributed by atoms with Crippen molar-refractivity contribution < 1.29 is 23.3 Å². The summed E-state index contributed by atoms with van der Waals surface area (Å²) in [5.41, 5.74) is 0.634. The van der Waals surface area contributed by atoms with Crippen molar-refractivity contribution >= 4 is 22.7 Å². The van der Waals surface area contributed by atoms with E-state index in [9.17, 15) is 13.8 Å². The Bertz CT molecular complexity index is 677. The van der Waals surface area contributed by atoms with Crippen LogP contribution in [-0.2, 0) is 20.3 Å². The van der Waals surface area contributed by atoms with Crippen LogP contribution in [0.2, 0.25) is 0 Å². The lowest BCUT2D eigenvalue weighted by Gasteiger charge is -2.06. The second-order valence-electron chi connectivity index (χ2n) is 4.31. The first-order valence-electron chi connectivity index (χ1n) is 6.35. The Morgan fingerprint density at radius 3 is 1.59 bits per heavy atom. The molecule has 0 amide bonds. The highest BCUT2D eigenvalue weighted by Gasteiger charge is 2.13. The minimum absolute atomic E-state index is 0.317. The van der Waals surface area contributed by atoms with Gasteiger partial charge in [-0.25, -0.2) is 13.8 Å². The topological polar surface area (TPSA) is 69.7 Å². The average Bonchev–Trinajstić information content (AvgIpc) is 2.59. The molecule has 0 aliphatic rings. The van der Waals surface area contributed by atoms with Crippen LogP contribution in [-0.4, -0.2) is 30.4 Å². The highest BCUT2D eigenvalue weighted by atomic mass is 32.2. The van der Waals surface area contributed by atoms with E-state index in [0.29, 0.717) is 20.9 Å². The molecule has 0 spiro atoms. The van der Waals surface area contributed by atoms with Gasteiger partial charge in [0.15, 0.2) is 0 Å². The third-order valence-corrected chi connectivity index (χ3v) is 4.30. The number of ether oxygens (including phenoxy) is 2. The third kappa shape index (κ3) is 3.40. The van der Waals surface area contributed by atoms with Crippen LogP contribution in [0, 0.1) is 0 Å². The van der Waals surface area contributed by atoms with Gasteiger partial charge in [-0.3, -0.25) is 0 Å². The number of esters is 2. The molecule has 5 nitrogen and oxygen atoms in total. The van der Waals surface area contributed by atoms with Gasteiger partial charge in [-0.1, -0.05) is 12.1 Å². The van der Waals surface area contributed by atoms with E-state index in [0.717, 1.165) is 0 Å². The van der Waals surface area contributed by atoms with Crippen LogP contribution in [0.5, 0.6) is 0 Å². The first-order chi connectivity index (χ1) is 10.6. The van der Waals surface area contributed by atoms with Crippen LogP contribution in [0.1, 0.15) is 20.7 Å². The van der Waals surface area contributed by atoms with Crippen molar-refractivity contribution in [2.45, 2.75) is 9.79 Å². The highest BCUT2D eigenvalue weighted by Crippen LogP contribution is 2.19. The lowest BCUT2D eigenvalue weighted by Crippen LogP contribution is -2.04. The van der Waals surface area contributed by atoms with Crippen LogP contribution in [0.15, 0.2) is 58.3 Å². The Hall–Kier alpha value is -2.47. The van der Waals surface area contributed by atoms with Crippen LogP contribution in [0.25, 0.3) is 0 Å². The van der Waals surface area contributed by atoms with E-state index >= 15 is 0 Å². The van der Waals surface area contributed by atoms with Gasteiger partial charge in [0.05, 0.1) is 36.1 Å². The maximum atomic E-state index is 12.6. The molecule has 0 bridgehead atoms. The lowest BCUT2D eigenvalue weighted by molar-refractivity contribution is 0.0591. The van der Waals surface area contributed by atoms with Crippen molar-refractivity contribution in [2.75, 3.05) is 14.2 Å². The monoisotopic (exact) mass is 318 g/mol. The van der Waals surface area contributed by atoms with Crippen molar-refractivity contribution in [1.82, 2.24) is 0 Å². The zero-order chi connectivity index (χ0) is 16.1. The van der Waals surface area contributed by atoms with E-state index in [4.69, 9.17) is 0 Å². The Balaban J connectivity index is 2.36. The number of methoxy groups -OCH3 is 2. The minimum atomic E-state index is -1.52. The predicted octanol–water partition coefficient (Wildman–Crippen LogP) is 2.43. The molecule has 2 aromatic carbocycles. The molecule has 2 rings (SSSR count). The fourth-order valence-electron chi connectivity index (χ4n) is 1.85. The second kappa shape index (κ2) is 7.00. The molecule has 0 fully saturated rings. The molecule has 0 N–H and O–H groups in total. The van der Waals surface area contributed by atoms with Gasteiger partial charge in [-0.05, 0) is 36.4 Å². The SMILES string of the molecule is COC(=O)c1cccc(S(=O)c2cccc(C(=O)OC)c2)c1. The highest BCUT2D eigenvalue weighted by molar-refractivity contribution is 7.85. The fraction of sp³-hybridized carbons (Fsp3) is 0.125. The van der Waals surface area contributed by atoms with E-state index in [2.05, 4.69) is 9.47 Å². The largest absolute Gasteiger partial charge is 0.465 e. The van der Waals surface area contributed by atoms with Gasteiger partial charge in [0.2, 0.25) is 0 Å². The number of hydrogen-bond donors (Lipinski definition) is 0. The summed E-state index contributed by atoms with van der Waals surface area (Å²) in [6.45, 7) is 0. The summed E-state index contributed by atoms with van der Waals surface area (Å²) in [5, 5.41) is 0. The molecule has 0 atom stereocenters. The predicted molar refractivity (Wildman–Crippen MR) is 80.2 cm³/mol. The molecule has 2 aromatic rings. The van der Waals surface area contributed by atoms with Gasteiger partial charge < -0.3 is 9.47 Å². The van der Waals surface area contributed by atoms with Crippen LogP contribution in [0.4, 0.5) is 0 Å². The fourth-order valence-corrected chi connectivity index (χ4v) is 2.99. The average molecular weight is 318 g/mol. The first-order valence-corrected chi connectivity index (χ1v) is 7.50. The Kier molecular flexibility index (Phi) is 5.06. The summed E-state index contributed by atoms with van der Waals surface area (Å²) in [4.78, 5) is 23.9. The maximum Gasteiger partial charge on any atom is 0.337 e. The van der Waals surface area contributed by atoms with Crippen molar-refractivity contribution in [1.29, 1.82) is 0 Å². The normalized spacial score (nSPS) is 10.3. The lowest BCUT2D eigenvalue weighted by atomic mass is 10.2. The molecule has 22 heavy (non-hydrogen) atoms. The van der Waals surface area contributed by atoms with Crippen molar-refractivity contribution in [2.24, 2.45) is 0 Å². The van der Waals surface area contributed by atoms with E-state index in [1.165, 1.54) is 26.4 Å². The van der Waals surface area contributed by atoms with Gasteiger partial charge in [0.1, 0.15) is 0 Å². The van der Waals surface area contributed by atoms with Crippen LogP contribution >= 0.6 is 0 Å². The summed E-state index contributed by atoms with van der Waals surface area (Å²) in [7, 11) is 1.05. The van der Waals surface area contributed by atoms with Gasteiger partial charge in [0, 0.05) is 9.79 Å². The van der Waals surface area contributed by atoms with Gasteiger partial charge in [-0.15, -0.1) is 0 Å². The Labute approximate surface area is 130 Å². The standard InChI is InChI=1S/C16H14O5S/c1-20-15(17)11-5-3-7-13(9-11)22(19)14-8-4-6-12(10-14)16(18)21-2/h3-10H,1-2H3. The van der Waals surface area contributed by atoms with Crippen molar-refractivity contribution in [3.63, 3.8) is 0 Å². The molecule has 114 valence electrons. The number of carbonyl (C=O) groups is 2. The molecular formula is C16H14O5S. The smallest absolute Gasteiger partial charge is 0.337 e. The van der Waals surface area contributed by atoms with E-state index < -0.39 is 22.7 Å². The molecular weight excluding hydrogens is 304 g/mol. The minimum Gasteiger partial charge on any atom is -0.465 e. The first kappa shape index (κ1) is 15.9. The second-order valence-corrected chi connectivity index (χ2v) is 5.79. The zero-order valence-electron chi connectivity index (χ0n) is 12.1. The van der Waals surface area contributed by atoms with Crippen LogP contribution in [0.3, 0.4) is 0 Å². The number of benzene rings is 2. The molecule has 0 aliphatic carbocycles. The summed E-state index contributed by atoms with van der Waals surface area (Å²) in [6, 6.07) is 12.7. The van der Waals surface area contributed by atoms with E-state index in [1.54, 1.807) is 36.4 Å². The Morgan fingerprint density at radius 2 is 1.23 bits per heavy atom. The third-order valence-electron chi connectivity index (χ3n) is 2.94. The molecule has 6 heteroatoms. The number of hydrogen-bond acceptors (Lipinski definition) is 5. The zero-order valence-corrected chi connectivity index (χ0v) is 12.9. The van der Waals surface area contributed by atoms with Crippen LogP contribution < -0.4 is 0 Å². The Morgan fingerprint density at radius 1 is 0.818 bits per heavy atom. The molecule has 0 heterocycles. The summed E-state index contributed by atoms with van der Waals surface area (Å²) < 4.78 is 21.9. The molecule has 0 aromatic heterocycles. The van der Waals surface area contributed by atoms with E-state index in [-0.39, 0.29) is 0 Å². The van der Waals surface area contributed by atoms with Gasteiger partial charge >= 0.3 is 11.9 Å². The molecule has 0 unspecified atom stereocenters. The number of rotatable bonds is 4. The van der Waals surface area contributed by atoms with Gasteiger partial charge in [-0.2, -0.15) is 0 Å². The quantitative estimate of drug-likeness (QED) is 0.810. The van der Waals surface area contributed by atoms with Crippen molar-refractivity contribution in [3.8, 4) is 0 Å². The van der Waals surface area contributed by atoms with Crippen molar-refractivity contribution in [3.05, 3.63) is 59.7 Å². The van der Waals surface area contributed by atoms with Gasteiger partial charge in [0.25, 0.3) is 0 Å².